The van der Waals surface area contributed by atoms with Crippen LogP contribution >= 0.6 is 23.6 Å². The Labute approximate surface area is 111 Å². The zero-order valence-electron chi connectivity index (χ0n) is 10.1. The Morgan fingerprint density at radius 1 is 1.53 bits per heavy atom. The quantitative estimate of drug-likeness (QED) is 0.814. The fraction of sp³-hybridized carbons (Fsp3) is 0.500. The lowest BCUT2D eigenvalue weighted by Gasteiger charge is -2.17. The number of nitrogens with one attached hydrogen (secondary N) is 1. The summed E-state index contributed by atoms with van der Waals surface area (Å²) in [7, 11) is 0. The predicted octanol–water partition coefficient (Wildman–Crippen LogP) is 4.42. The molecule has 92 valence electrons. The Balaban J connectivity index is 2.45. The molecule has 0 bridgehead atoms. The standard InChI is InChI=1S/C12H17N3S2/c1-3-6-9(4-2)15-11(13-14-12(15)16)10-7-5-8-17-10/h5,7-9H,3-4,6H2,1-2H3,(H,14,16). The normalized spacial score (nSPS) is 12.8. The number of rotatable bonds is 5. The number of hydrogen-bond donors (Lipinski definition) is 1. The number of thiophene rings is 1. The number of aromatic amines is 1. The van der Waals surface area contributed by atoms with Crippen LogP contribution < -0.4 is 0 Å². The van der Waals surface area contributed by atoms with Gasteiger partial charge in [-0.1, -0.05) is 26.3 Å². The lowest BCUT2D eigenvalue weighted by Crippen LogP contribution is -2.09. The summed E-state index contributed by atoms with van der Waals surface area (Å²) in [6.45, 7) is 4.41. The molecule has 0 fully saturated rings. The zero-order chi connectivity index (χ0) is 12.3. The van der Waals surface area contributed by atoms with Crippen molar-refractivity contribution in [1.82, 2.24) is 14.8 Å². The summed E-state index contributed by atoms with van der Waals surface area (Å²) in [4.78, 5) is 1.17. The third-order valence-corrected chi connectivity index (χ3v) is 4.06. The maximum absolute atomic E-state index is 5.35. The van der Waals surface area contributed by atoms with Gasteiger partial charge in [-0.25, -0.2) is 0 Å². The van der Waals surface area contributed by atoms with E-state index in [4.69, 9.17) is 12.2 Å². The van der Waals surface area contributed by atoms with Crippen molar-refractivity contribution in [2.75, 3.05) is 0 Å². The van der Waals surface area contributed by atoms with Crippen LogP contribution in [0.1, 0.15) is 39.2 Å². The van der Waals surface area contributed by atoms with Crippen LogP contribution in [0.4, 0.5) is 0 Å². The molecule has 0 aliphatic carbocycles. The Kier molecular flexibility index (Phi) is 4.12. The fourth-order valence-corrected chi connectivity index (χ4v) is 3.06. The van der Waals surface area contributed by atoms with Crippen LogP contribution in [0.5, 0.6) is 0 Å². The van der Waals surface area contributed by atoms with E-state index in [1.165, 1.54) is 4.88 Å². The van der Waals surface area contributed by atoms with Gasteiger partial charge in [0.05, 0.1) is 4.88 Å². The van der Waals surface area contributed by atoms with E-state index in [1.807, 2.05) is 6.07 Å². The van der Waals surface area contributed by atoms with Gasteiger partial charge in [0.25, 0.3) is 0 Å². The van der Waals surface area contributed by atoms with Gasteiger partial charge in [-0.3, -0.25) is 9.67 Å². The van der Waals surface area contributed by atoms with Gasteiger partial charge < -0.3 is 0 Å². The van der Waals surface area contributed by atoms with Crippen molar-refractivity contribution in [3.05, 3.63) is 22.3 Å². The van der Waals surface area contributed by atoms with Crippen molar-refractivity contribution >= 4 is 23.6 Å². The maximum atomic E-state index is 5.35. The number of aromatic nitrogens is 3. The molecule has 0 radical (unpaired) electrons. The highest BCUT2D eigenvalue weighted by atomic mass is 32.1. The molecular formula is C12H17N3S2. The van der Waals surface area contributed by atoms with Crippen LogP contribution in [0.2, 0.25) is 0 Å². The number of H-pyrrole nitrogens is 1. The fourth-order valence-electron chi connectivity index (χ4n) is 2.07. The molecular weight excluding hydrogens is 250 g/mol. The highest BCUT2D eigenvalue weighted by molar-refractivity contribution is 7.71. The summed E-state index contributed by atoms with van der Waals surface area (Å²) in [6, 6.07) is 4.58. The second-order valence-corrected chi connectivity index (χ2v) is 5.38. The Morgan fingerprint density at radius 3 is 2.94 bits per heavy atom. The van der Waals surface area contributed by atoms with Crippen molar-refractivity contribution < 1.29 is 0 Å². The summed E-state index contributed by atoms with van der Waals surface area (Å²) in [5.74, 6) is 0.977. The molecule has 0 saturated heterocycles. The minimum atomic E-state index is 0.448. The van der Waals surface area contributed by atoms with Gasteiger partial charge in [0.2, 0.25) is 0 Å². The topological polar surface area (TPSA) is 33.6 Å². The Morgan fingerprint density at radius 2 is 2.35 bits per heavy atom. The average Bonchev–Trinajstić information content (AvgIpc) is 2.95. The molecule has 0 aromatic carbocycles. The highest BCUT2D eigenvalue weighted by Crippen LogP contribution is 2.28. The molecule has 17 heavy (non-hydrogen) atoms. The van der Waals surface area contributed by atoms with E-state index in [-0.39, 0.29) is 0 Å². The predicted molar refractivity (Wildman–Crippen MR) is 75.0 cm³/mol. The van der Waals surface area contributed by atoms with Gasteiger partial charge >= 0.3 is 0 Å². The average molecular weight is 267 g/mol. The summed E-state index contributed by atoms with van der Waals surface area (Å²) >= 11 is 7.05. The molecule has 0 amide bonds. The van der Waals surface area contributed by atoms with Crippen LogP contribution in [0, 0.1) is 4.77 Å². The van der Waals surface area contributed by atoms with Crippen LogP contribution in [0.3, 0.4) is 0 Å². The van der Waals surface area contributed by atoms with Gasteiger partial charge in [0, 0.05) is 6.04 Å². The van der Waals surface area contributed by atoms with Gasteiger partial charge in [-0.15, -0.1) is 11.3 Å². The minimum absolute atomic E-state index is 0.448. The molecule has 0 saturated carbocycles. The lowest BCUT2D eigenvalue weighted by atomic mass is 10.1. The van der Waals surface area contributed by atoms with Crippen molar-refractivity contribution in [2.24, 2.45) is 0 Å². The second kappa shape index (κ2) is 5.60. The highest BCUT2D eigenvalue weighted by Gasteiger charge is 2.16. The smallest absolute Gasteiger partial charge is 0.195 e. The summed E-state index contributed by atoms with van der Waals surface area (Å²) in [5.41, 5.74) is 0. The maximum Gasteiger partial charge on any atom is 0.195 e. The summed E-state index contributed by atoms with van der Waals surface area (Å²) in [6.07, 6.45) is 3.39. The van der Waals surface area contributed by atoms with Crippen LogP contribution in [0.25, 0.3) is 10.7 Å². The first-order valence-electron chi connectivity index (χ1n) is 5.98. The Bertz CT molecular complexity index is 510. The van der Waals surface area contributed by atoms with E-state index >= 15 is 0 Å². The molecule has 2 heterocycles. The third-order valence-electron chi connectivity index (χ3n) is 2.90. The summed E-state index contributed by atoms with van der Waals surface area (Å²) in [5, 5.41) is 9.35. The molecule has 0 aliphatic rings. The molecule has 3 nitrogen and oxygen atoms in total. The molecule has 1 N–H and O–H groups in total. The van der Waals surface area contributed by atoms with Gasteiger partial charge in [-0.2, -0.15) is 5.10 Å². The van der Waals surface area contributed by atoms with Crippen LogP contribution in [-0.4, -0.2) is 14.8 Å². The lowest BCUT2D eigenvalue weighted by molar-refractivity contribution is 0.446. The van der Waals surface area contributed by atoms with Gasteiger partial charge in [-0.05, 0) is 36.5 Å². The van der Waals surface area contributed by atoms with E-state index in [0.717, 1.165) is 29.9 Å². The first-order chi connectivity index (χ1) is 8.27. The monoisotopic (exact) mass is 267 g/mol. The van der Waals surface area contributed by atoms with Crippen molar-refractivity contribution in [3.63, 3.8) is 0 Å². The summed E-state index contributed by atoms with van der Waals surface area (Å²) < 4.78 is 2.90. The molecule has 0 aliphatic heterocycles. The molecule has 2 aromatic heterocycles. The van der Waals surface area contributed by atoms with Crippen molar-refractivity contribution in [3.8, 4) is 10.7 Å². The van der Waals surface area contributed by atoms with Crippen LogP contribution in [0.15, 0.2) is 17.5 Å². The first kappa shape index (κ1) is 12.5. The van der Waals surface area contributed by atoms with Gasteiger partial charge in [0.15, 0.2) is 10.6 Å². The van der Waals surface area contributed by atoms with E-state index in [1.54, 1.807) is 11.3 Å². The third kappa shape index (κ3) is 2.50. The van der Waals surface area contributed by atoms with Crippen molar-refractivity contribution in [1.29, 1.82) is 0 Å². The van der Waals surface area contributed by atoms with E-state index in [2.05, 4.69) is 40.1 Å². The molecule has 2 rings (SSSR count). The molecule has 0 spiro atoms. The molecule has 1 atom stereocenters. The van der Waals surface area contributed by atoms with Crippen LogP contribution in [-0.2, 0) is 0 Å². The largest absolute Gasteiger partial charge is 0.296 e. The minimum Gasteiger partial charge on any atom is -0.296 e. The number of nitrogens with zero attached hydrogens (tertiary/aromatic N) is 2. The molecule has 2 aromatic rings. The van der Waals surface area contributed by atoms with E-state index < -0.39 is 0 Å². The van der Waals surface area contributed by atoms with Crippen molar-refractivity contribution in [2.45, 2.75) is 39.2 Å². The first-order valence-corrected chi connectivity index (χ1v) is 7.27. The number of hydrogen-bond acceptors (Lipinski definition) is 3. The Hall–Kier alpha value is -0.940. The van der Waals surface area contributed by atoms with Gasteiger partial charge in [0.1, 0.15) is 0 Å². The van der Waals surface area contributed by atoms with E-state index in [0.29, 0.717) is 6.04 Å². The second-order valence-electron chi connectivity index (χ2n) is 4.05. The zero-order valence-corrected chi connectivity index (χ0v) is 11.8. The molecule has 1 unspecified atom stereocenters. The van der Waals surface area contributed by atoms with E-state index in [9.17, 15) is 0 Å². The molecule has 5 heteroatoms. The SMILES string of the molecule is CCCC(CC)n1c(-c2cccs2)n[nH]c1=S.